The third-order valence-electron chi connectivity index (χ3n) is 2.60. The van der Waals surface area contributed by atoms with Gasteiger partial charge < -0.3 is 25.4 Å². The van der Waals surface area contributed by atoms with Crippen LogP contribution in [0.15, 0.2) is 4.99 Å². The van der Waals surface area contributed by atoms with Crippen LogP contribution in [0.3, 0.4) is 0 Å². The Kier molecular flexibility index (Phi) is 12.1. The number of aliphatic imine (C=N–C) groups is 1. The monoisotopic (exact) mass is 344 g/mol. The lowest BCUT2D eigenvalue weighted by atomic mass is 10.2. The first kappa shape index (κ1) is 22.5. The molecule has 0 aromatic heterocycles. The van der Waals surface area contributed by atoms with Crippen LogP contribution in [0, 0.1) is 5.92 Å². The van der Waals surface area contributed by atoms with Gasteiger partial charge in [0.1, 0.15) is 5.60 Å². The number of hydrogen-bond acceptors (Lipinski definition) is 4. The van der Waals surface area contributed by atoms with E-state index < -0.39 is 11.7 Å². The van der Waals surface area contributed by atoms with Gasteiger partial charge in [-0.1, -0.05) is 13.8 Å². The van der Waals surface area contributed by atoms with Crippen LogP contribution < -0.4 is 16.0 Å². The van der Waals surface area contributed by atoms with Crippen LogP contribution in [0.1, 0.15) is 48.0 Å². The van der Waals surface area contributed by atoms with Crippen LogP contribution in [0.5, 0.6) is 0 Å². The normalized spacial score (nSPS) is 12.2. The molecule has 0 aromatic rings. The van der Waals surface area contributed by atoms with E-state index >= 15 is 0 Å². The first-order chi connectivity index (χ1) is 11.2. The lowest BCUT2D eigenvalue weighted by Crippen LogP contribution is -2.42. The summed E-state index contributed by atoms with van der Waals surface area (Å²) in [5.74, 6) is 1.30. The van der Waals surface area contributed by atoms with Gasteiger partial charge in [0.15, 0.2) is 5.96 Å². The Morgan fingerprint density at radius 3 is 2.38 bits per heavy atom. The lowest BCUT2D eigenvalue weighted by Gasteiger charge is -2.19. The van der Waals surface area contributed by atoms with E-state index in [0.717, 1.165) is 32.1 Å². The van der Waals surface area contributed by atoms with Gasteiger partial charge in [0.05, 0.1) is 0 Å². The Hall–Kier alpha value is -1.50. The quantitative estimate of drug-likeness (QED) is 0.321. The van der Waals surface area contributed by atoms with Gasteiger partial charge in [-0.25, -0.2) is 4.79 Å². The molecule has 0 aliphatic carbocycles. The molecule has 0 bridgehead atoms. The number of carbonyl (C=O) groups is 1. The fourth-order valence-corrected chi connectivity index (χ4v) is 1.68. The number of guanidine groups is 1. The average Bonchev–Trinajstić information content (AvgIpc) is 2.44. The fraction of sp³-hybridized carbons (Fsp3) is 0.882. The minimum atomic E-state index is -0.481. The van der Waals surface area contributed by atoms with Crippen molar-refractivity contribution in [3.05, 3.63) is 0 Å². The molecule has 7 nitrogen and oxygen atoms in total. The van der Waals surface area contributed by atoms with E-state index in [2.05, 4.69) is 34.8 Å². The summed E-state index contributed by atoms with van der Waals surface area (Å²) in [7, 11) is 0. The molecule has 0 spiro atoms. The maximum absolute atomic E-state index is 11.5. The zero-order valence-electron chi connectivity index (χ0n) is 16.2. The number of ether oxygens (including phenoxy) is 2. The molecule has 0 heterocycles. The van der Waals surface area contributed by atoms with Crippen LogP contribution in [0.25, 0.3) is 0 Å². The highest BCUT2D eigenvalue weighted by atomic mass is 16.6. The fourth-order valence-electron chi connectivity index (χ4n) is 1.68. The standard InChI is InChI=1S/C17H36N4O3/c1-7-18-15(19-9-8-12-23-13-14(2)3)20-10-11-21-16(22)24-17(4,5)6/h14H,7-13H2,1-6H3,(H,21,22)(H2,18,19,20). The molecule has 0 radical (unpaired) electrons. The SMILES string of the molecule is CCNC(=NCCCOCC(C)C)NCCNC(=O)OC(C)(C)C. The highest BCUT2D eigenvalue weighted by molar-refractivity contribution is 5.79. The van der Waals surface area contributed by atoms with Gasteiger partial charge in [-0.3, -0.25) is 4.99 Å². The van der Waals surface area contributed by atoms with Gasteiger partial charge in [-0.05, 0) is 40.0 Å². The molecule has 1 amide bonds. The van der Waals surface area contributed by atoms with Gasteiger partial charge in [0, 0.05) is 39.4 Å². The third kappa shape index (κ3) is 15.4. The summed E-state index contributed by atoms with van der Waals surface area (Å²) in [6.07, 6.45) is 0.480. The van der Waals surface area contributed by atoms with Gasteiger partial charge in [-0.2, -0.15) is 0 Å². The second-order valence-corrected chi connectivity index (χ2v) is 6.94. The van der Waals surface area contributed by atoms with Crippen LogP contribution >= 0.6 is 0 Å². The largest absolute Gasteiger partial charge is 0.444 e. The van der Waals surface area contributed by atoms with Crippen molar-refractivity contribution in [3.63, 3.8) is 0 Å². The smallest absolute Gasteiger partial charge is 0.407 e. The van der Waals surface area contributed by atoms with Gasteiger partial charge in [0.25, 0.3) is 0 Å². The maximum Gasteiger partial charge on any atom is 0.407 e. The predicted octanol–water partition coefficient (Wildman–Crippen LogP) is 2.13. The highest BCUT2D eigenvalue weighted by Crippen LogP contribution is 2.05. The lowest BCUT2D eigenvalue weighted by molar-refractivity contribution is 0.0529. The predicted molar refractivity (Wildman–Crippen MR) is 98.5 cm³/mol. The van der Waals surface area contributed by atoms with Crippen molar-refractivity contribution < 1.29 is 14.3 Å². The first-order valence-electron chi connectivity index (χ1n) is 8.81. The zero-order valence-corrected chi connectivity index (χ0v) is 16.2. The number of amides is 1. The molecule has 142 valence electrons. The van der Waals surface area contributed by atoms with Gasteiger partial charge in [0.2, 0.25) is 0 Å². The minimum absolute atomic E-state index is 0.409. The molecule has 0 unspecified atom stereocenters. The Bertz CT molecular complexity index is 365. The van der Waals surface area contributed by atoms with Crippen molar-refractivity contribution in [2.75, 3.05) is 39.4 Å². The van der Waals surface area contributed by atoms with Crippen molar-refractivity contribution >= 4 is 12.1 Å². The molecular weight excluding hydrogens is 308 g/mol. The van der Waals surface area contributed by atoms with E-state index in [1.165, 1.54) is 0 Å². The number of hydrogen-bond donors (Lipinski definition) is 3. The maximum atomic E-state index is 11.5. The zero-order chi connectivity index (χ0) is 18.4. The second kappa shape index (κ2) is 12.9. The highest BCUT2D eigenvalue weighted by Gasteiger charge is 2.15. The number of rotatable bonds is 10. The molecule has 0 fully saturated rings. The summed E-state index contributed by atoms with van der Waals surface area (Å²) in [4.78, 5) is 16.0. The minimum Gasteiger partial charge on any atom is -0.444 e. The molecule has 3 N–H and O–H groups in total. The van der Waals surface area contributed by atoms with Crippen LogP contribution in [0.2, 0.25) is 0 Å². The molecule has 7 heteroatoms. The van der Waals surface area contributed by atoms with E-state index in [-0.39, 0.29) is 0 Å². The summed E-state index contributed by atoms with van der Waals surface area (Å²) in [6.45, 7) is 15.9. The van der Waals surface area contributed by atoms with Crippen LogP contribution in [-0.2, 0) is 9.47 Å². The number of nitrogens with zero attached hydrogens (tertiary/aromatic N) is 1. The molecule has 0 saturated carbocycles. The Morgan fingerprint density at radius 2 is 1.79 bits per heavy atom. The Balaban J connectivity index is 3.90. The first-order valence-corrected chi connectivity index (χ1v) is 8.81. The Labute approximate surface area is 147 Å². The summed E-state index contributed by atoms with van der Waals surface area (Å²) in [6, 6.07) is 0. The van der Waals surface area contributed by atoms with Gasteiger partial charge >= 0.3 is 6.09 Å². The second-order valence-electron chi connectivity index (χ2n) is 6.94. The van der Waals surface area contributed by atoms with E-state index in [1.54, 1.807) is 0 Å². The average molecular weight is 345 g/mol. The van der Waals surface area contributed by atoms with Crippen molar-refractivity contribution in [3.8, 4) is 0 Å². The van der Waals surface area contributed by atoms with Gasteiger partial charge in [-0.15, -0.1) is 0 Å². The number of nitrogens with one attached hydrogen (secondary N) is 3. The molecular formula is C17H36N4O3. The molecule has 0 aliphatic heterocycles. The van der Waals surface area contributed by atoms with Crippen molar-refractivity contribution in [1.29, 1.82) is 0 Å². The van der Waals surface area contributed by atoms with E-state index in [4.69, 9.17) is 9.47 Å². The molecule has 0 aliphatic rings. The van der Waals surface area contributed by atoms with E-state index in [1.807, 2.05) is 27.7 Å². The molecule has 0 aromatic carbocycles. The van der Waals surface area contributed by atoms with Crippen LogP contribution in [0.4, 0.5) is 4.79 Å². The summed E-state index contributed by atoms with van der Waals surface area (Å²) >= 11 is 0. The van der Waals surface area contributed by atoms with E-state index in [9.17, 15) is 4.79 Å². The summed E-state index contributed by atoms with van der Waals surface area (Å²) in [5, 5.41) is 9.05. The van der Waals surface area contributed by atoms with Crippen molar-refractivity contribution in [2.45, 2.75) is 53.6 Å². The third-order valence-corrected chi connectivity index (χ3v) is 2.60. The summed E-state index contributed by atoms with van der Waals surface area (Å²) < 4.78 is 10.7. The molecule has 0 saturated heterocycles. The number of carbonyl (C=O) groups excluding carboxylic acids is 1. The topological polar surface area (TPSA) is 84.0 Å². The van der Waals surface area contributed by atoms with Crippen molar-refractivity contribution in [2.24, 2.45) is 10.9 Å². The summed E-state index contributed by atoms with van der Waals surface area (Å²) in [5.41, 5.74) is -0.481. The number of alkyl carbamates (subject to hydrolysis) is 1. The molecule has 24 heavy (non-hydrogen) atoms. The van der Waals surface area contributed by atoms with Crippen molar-refractivity contribution in [1.82, 2.24) is 16.0 Å². The molecule has 0 atom stereocenters. The Morgan fingerprint density at radius 1 is 1.12 bits per heavy atom. The van der Waals surface area contributed by atoms with Crippen LogP contribution in [-0.4, -0.2) is 57.0 Å². The molecule has 0 rings (SSSR count). The van der Waals surface area contributed by atoms with E-state index in [0.29, 0.717) is 25.6 Å².